The summed E-state index contributed by atoms with van der Waals surface area (Å²) >= 11 is 1.94. The first-order valence-corrected chi connectivity index (χ1v) is 7.79. The van der Waals surface area contributed by atoms with Crippen LogP contribution in [0.5, 0.6) is 0 Å². The molecule has 1 aromatic carbocycles. The maximum Gasteiger partial charge on any atom is 0.0595 e. The molecule has 1 N–H and O–H groups in total. The number of ether oxygens (including phenoxy) is 1. The average molecular weight is 277 g/mol. The fourth-order valence-corrected chi connectivity index (χ4v) is 4.01. The smallest absolute Gasteiger partial charge is 0.0595 e. The lowest BCUT2D eigenvalue weighted by Crippen LogP contribution is -2.25. The van der Waals surface area contributed by atoms with Gasteiger partial charge in [-0.15, -0.1) is 11.8 Å². The van der Waals surface area contributed by atoms with Crippen LogP contribution in [0.15, 0.2) is 34.3 Å². The van der Waals surface area contributed by atoms with E-state index in [1.54, 1.807) is 0 Å². The molecule has 19 heavy (non-hydrogen) atoms. The van der Waals surface area contributed by atoms with Crippen LogP contribution in [0.4, 0.5) is 0 Å². The minimum atomic E-state index is 0.342. The molecule has 1 unspecified atom stereocenters. The number of benzene rings is 1. The molecule has 0 spiro atoms. The van der Waals surface area contributed by atoms with Crippen LogP contribution >= 0.6 is 11.8 Å². The zero-order chi connectivity index (χ0) is 13.1. The van der Waals surface area contributed by atoms with E-state index in [1.807, 2.05) is 11.8 Å². The first-order valence-electron chi connectivity index (χ1n) is 6.91. The van der Waals surface area contributed by atoms with Crippen LogP contribution in [0.1, 0.15) is 31.2 Å². The predicted molar refractivity (Wildman–Crippen MR) is 77.2 cm³/mol. The van der Waals surface area contributed by atoms with Gasteiger partial charge in [0.2, 0.25) is 0 Å². The SMILES string of the molecule is ON=C1CCC(OCC2Cc3ccccc3S2)CC1. The number of hydrogen-bond donors (Lipinski definition) is 1. The second-order valence-corrected chi connectivity index (χ2v) is 6.59. The van der Waals surface area contributed by atoms with Crippen molar-refractivity contribution in [3.8, 4) is 0 Å². The predicted octanol–water partition coefficient (Wildman–Crippen LogP) is 3.49. The lowest BCUT2D eigenvalue weighted by atomic mass is 9.96. The van der Waals surface area contributed by atoms with E-state index in [0.717, 1.165) is 44.4 Å². The minimum Gasteiger partial charge on any atom is -0.411 e. The third-order valence-corrected chi connectivity index (χ3v) is 5.17. The topological polar surface area (TPSA) is 41.8 Å². The Morgan fingerprint density at radius 2 is 2.05 bits per heavy atom. The van der Waals surface area contributed by atoms with Crippen LogP contribution in [-0.2, 0) is 11.2 Å². The van der Waals surface area contributed by atoms with E-state index in [4.69, 9.17) is 9.94 Å². The maximum absolute atomic E-state index is 8.72. The molecule has 0 amide bonds. The minimum absolute atomic E-state index is 0.342. The molecule has 0 radical (unpaired) electrons. The van der Waals surface area contributed by atoms with Crippen molar-refractivity contribution < 1.29 is 9.94 Å². The summed E-state index contributed by atoms with van der Waals surface area (Å²) < 4.78 is 6.03. The molecule has 1 aliphatic carbocycles. The first kappa shape index (κ1) is 13.0. The molecule has 3 rings (SSSR count). The van der Waals surface area contributed by atoms with E-state index >= 15 is 0 Å². The normalized spacial score (nSPS) is 26.2. The third kappa shape index (κ3) is 3.12. The summed E-state index contributed by atoms with van der Waals surface area (Å²) in [6.45, 7) is 0.829. The molecule has 0 saturated heterocycles. The van der Waals surface area contributed by atoms with Crippen molar-refractivity contribution in [1.82, 2.24) is 0 Å². The van der Waals surface area contributed by atoms with Crippen molar-refractivity contribution in [1.29, 1.82) is 0 Å². The largest absolute Gasteiger partial charge is 0.411 e. The van der Waals surface area contributed by atoms with Crippen LogP contribution in [-0.4, -0.2) is 28.9 Å². The van der Waals surface area contributed by atoms with Crippen LogP contribution < -0.4 is 0 Å². The van der Waals surface area contributed by atoms with Crippen LogP contribution in [0.25, 0.3) is 0 Å². The highest BCUT2D eigenvalue weighted by molar-refractivity contribution is 8.00. The van der Waals surface area contributed by atoms with Gasteiger partial charge < -0.3 is 9.94 Å². The first-order chi connectivity index (χ1) is 9.35. The molecular formula is C15H19NO2S. The summed E-state index contributed by atoms with van der Waals surface area (Å²) in [6.07, 6.45) is 5.19. The molecular weight excluding hydrogens is 258 g/mol. The quantitative estimate of drug-likeness (QED) is 0.679. The summed E-state index contributed by atoms with van der Waals surface area (Å²) in [5.41, 5.74) is 2.38. The van der Waals surface area contributed by atoms with Gasteiger partial charge in [0.05, 0.1) is 18.4 Å². The number of nitrogens with zero attached hydrogens (tertiary/aromatic N) is 1. The summed E-state index contributed by atoms with van der Waals surface area (Å²) in [7, 11) is 0. The van der Waals surface area contributed by atoms with Gasteiger partial charge in [0, 0.05) is 10.1 Å². The van der Waals surface area contributed by atoms with Gasteiger partial charge in [-0.2, -0.15) is 0 Å². The zero-order valence-corrected chi connectivity index (χ0v) is 11.7. The van der Waals surface area contributed by atoms with E-state index < -0.39 is 0 Å². The van der Waals surface area contributed by atoms with Crippen molar-refractivity contribution in [2.24, 2.45) is 5.16 Å². The number of fused-ring (bicyclic) bond motifs is 1. The number of hydrogen-bond acceptors (Lipinski definition) is 4. The molecule has 4 heteroatoms. The lowest BCUT2D eigenvalue weighted by molar-refractivity contribution is 0.0411. The Kier molecular flexibility index (Phi) is 4.09. The Labute approximate surface area is 118 Å². The molecule has 3 nitrogen and oxygen atoms in total. The van der Waals surface area contributed by atoms with Crippen molar-refractivity contribution in [2.75, 3.05) is 6.61 Å². The fourth-order valence-electron chi connectivity index (χ4n) is 2.78. The van der Waals surface area contributed by atoms with Gasteiger partial charge in [-0.05, 0) is 43.7 Å². The Bertz CT molecular complexity index is 440. The maximum atomic E-state index is 8.72. The average Bonchev–Trinajstić information content (AvgIpc) is 2.88. The molecule has 1 aliphatic heterocycles. The molecule has 1 fully saturated rings. The molecule has 1 aromatic rings. The van der Waals surface area contributed by atoms with Gasteiger partial charge in [0.15, 0.2) is 0 Å². The lowest BCUT2D eigenvalue weighted by Gasteiger charge is -2.24. The molecule has 1 saturated carbocycles. The summed E-state index contributed by atoms with van der Waals surface area (Å²) in [5, 5.41) is 12.6. The Balaban J connectivity index is 1.45. The van der Waals surface area contributed by atoms with Crippen molar-refractivity contribution in [3.05, 3.63) is 29.8 Å². The van der Waals surface area contributed by atoms with E-state index in [-0.39, 0.29) is 0 Å². The summed E-state index contributed by atoms with van der Waals surface area (Å²) in [4.78, 5) is 1.41. The van der Waals surface area contributed by atoms with Crippen LogP contribution in [0, 0.1) is 0 Å². The van der Waals surface area contributed by atoms with Gasteiger partial charge in [0.25, 0.3) is 0 Å². The zero-order valence-electron chi connectivity index (χ0n) is 10.9. The van der Waals surface area contributed by atoms with E-state index in [2.05, 4.69) is 29.4 Å². The van der Waals surface area contributed by atoms with Gasteiger partial charge in [0.1, 0.15) is 0 Å². The van der Waals surface area contributed by atoms with Crippen LogP contribution in [0.2, 0.25) is 0 Å². The number of oxime groups is 1. The fraction of sp³-hybridized carbons (Fsp3) is 0.533. The van der Waals surface area contributed by atoms with Gasteiger partial charge in [-0.3, -0.25) is 0 Å². The monoisotopic (exact) mass is 277 g/mol. The Morgan fingerprint density at radius 1 is 1.26 bits per heavy atom. The highest BCUT2D eigenvalue weighted by Crippen LogP contribution is 2.37. The molecule has 1 heterocycles. The molecule has 2 aliphatic rings. The van der Waals surface area contributed by atoms with Crippen molar-refractivity contribution in [2.45, 2.75) is 48.4 Å². The summed E-state index contributed by atoms with van der Waals surface area (Å²) in [6, 6.07) is 8.63. The van der Waals surface area contributed by atoms with Gasteiger partial charge in [-0.25, -0.2) is 0 Å². The van der Waals surface area contributed by atoms with Gasteiger partial charge in [-0.1, -0.05) is 23.4 Å². The number of rotatable bonds is 3. The van der Waals surface area contributed by atoms with E-state index in [9.17, 15) is 0 Å². The Morgan fingerprint density at radius 3 is 2.79 bits per heavy atom. The van der Waals surface area contributed by atoms with Crippen molar-refractivity contribution >= 4 is 17.5 Å². The highest BCUT2D eigenvalue weighted by atomic mass is 32.2. The molecule has 0 bridgehead atoms. The van der Waals surface area contributed by atoms with Gasteiger partial charge >= 0.3 is 0 Å². The Hall–Kier alpha value is -1.00. The summed E-state index contributed by atoms with van der Waals surface area (Å²) in [5.74, 6) is 0. The molecule has 0 aromatic heterocycles. The number of thioether (sulfide) groups is 1. The molecule has 1 atom stereocenters. The third-order valence-electron chi connectivity index (χ3n) is 3.88. The van der Waals surface area contributed by atoms with E-state index in [1.165, 1.54) is 10.5 Å². The highest BCUT2D eigenvalue weighted by Gasteiger charge is 2.24. The van der Waals surface area contributed by atoms with Crippen molar-refractivity contribution in [3.63, 3.8) is 0 Å². The second kappa shape index (κ2) is 5.97. The van der Waals surface area contributed by atoms with Crippen LogP contribution in [0.3, 0.4) is 0 Å². The molecule has 102 valence electrons. The van der Waals surface area contributed by atoms with E-state index in [0.29, 0.717) is 11.4 Å². The second-order valence-electron chi connectivity index (χ2n) is 5.25. The standard InChI is InChI=1S/C15H19NO2S/c17-16-12-5-7-13(8-6-12)18-10-14-9-11-3-1-2-4-15(11)19-14/h1-4,13-14,17H,5-10H2.